The molecule has 0 aliphatic heterocycles. The van der Waals surface area contributed by atoms with Gasteiger partial charge in [0, 0.05) is 23.0 Å². The van der Waals surface area contributed by atoms with Gasteiger partial charge in [0.25, 0.3) is 5.91 Å². The van der Waals surface area contributed by atoms with Gasteiger partial charge < -0.3 is 15.0 Å². The molecule has 2 aromatic carbocycles. The summed E-state index contributed by atoms with van der Waals surface area (Å²) in [7, 11) is 0. The molecule has 0 spiro atoms. The second kappa shape index (κ2) is 8.99. The zero-order valence-corrected chi connectivity index (χ0v) is 15.6. The van der Waals surface area contributed by atoms with Gasteiger partial charge in [0.1, 0.15) is 0 Å². The molecule has 0 radical (unpaired) electrons. The topological polar surface area (TPSA) is 88.3 Å². The van der Waals surface area contributed by atoms with Gasteiger partial charge in [-0.15, -0.1) is 0 Å². The second-order valence-corrected chi connectivity index (χ2v) is 6.66. The fraction of sp³-hybridized carbons (Fsp3) is 0.227. The number of carbonyl (C=O) groups is 2. The fourth-order valence-electron chi connectivity index (χ4n) is 3.00. The lowest BCUT2D eigenvalue weighted by Crippen LogP contribution is -2.36. The Labute approximate surface area is 162 Å². The molecule has 28 heavy (non-hydrogen) atoms. The van der Waals surface area contributed by atoms with Crippen molar-refractivity contribution in [2.45, 2.75) is 25.8 Å². The second-order valence-electron chi connectivity index (χ2n) is 6.66. The Morgan fingerprint density at radius 2 is 1.79 bits per heavy atom. The molecule has 0 unspecified atom stereocenters. The van der Waals surface area contributed by atoms with Gasteiger partial charge in [-0.1, -0.05) is 48.5 Å². The quantitative estimate of drug-likeness (QED) is 0.619. The van der Waals surface area contributed by atoms with E-state index in [0.717, 1.165) is 12.8 Å². The van der Waals surface area contributed by atoms with Crippen LogP contribution in [0, 0.1) is 0 Å². The minimum absolute atomic E-state index is 0.0493. The van der Waals surface area contributed by atoms with E-state index in [1.54, 1.807) is 24.3 Å². The molecular weight excluding hydrogens is 356 g/mol. The van der Waals surface area contributed by atoms with Gasteiger partial charge >= 0.3 is 5.97 Å². The van der Waals surface area contributed by atoms with E-state index in [4.69, 9.17) is 4.74 Å². The summed E-state index contributed by atoms with van der Waals surface area (Å²) >= 11 is 0. The highest BCUT2D eigenvalue weighted by atomic mass is 16.5. The molecule has 3 rings (SSSR count). The summed E-state index contributed by atoms with van der Waals surface area (Å²) in [4.78, 5) is 38.8. The van der Waals surface area contributed by atoms with Crippen LogP contribution in [0.4, 0.5) is 0 Å². The molecule has 1 heterocycles. The molecule has 6 nitrogen and oxygen atoms in total. The number of esters is 1. The number of rotatable bonds is 7. The minimum Gasteiger partial charge on any atom is -0.452 e. The standard InChI is InChI=1S/C22H22N2O4/c1-15(11-12-16-7-3-2-4-8-16)23-21(26)14-28-22(27)18-13-20(25)24-19-10-6-5-9-17(18)19/h2-10,13,15H,11-12,14H2,1H3,(H,23,26)(H,24,25)/t15-/m1/s1. The summed E-state index contributed by atoms with van der Waals surface area (Å²) in [5.41, 5.74) is 1.49. The number of H-pyrrole nitrogens is 1. The van der Waals surface area contributed by atoms with E-state index < -0.39 is 18.1 Å². The summed E-state index contributed by atoms with van der Waals surface area (Å²) in [5, 5.41) is 3.39. The van der Waals surface area contributed by atoms with Crippen LogP contribution in [-0.4, -0.2) is 29.5 Å². The minimum atomic E-state index is -0.700. The molecule has 144 valence electrons. The maximum atomic E-state index is 12.4. The highest BCUT2D eigenvalue weighted by molar-refractivity contribution is 6.03. The van der Waals surface area contributed by atoms with E-state index in [1.165, 1.54) is 11.6 Å². The van der Waals surface area contributed by atoms with Crippen LogP contribution < -0.4 is 10.9 Å². The summed E-state index contributed by atoms with van der Waals surface area (Å²) in [6.45, 7) is 1.52. The van der Waals surface area contributed by atoms with E-state index in [9.17, 15) is 14.4 Å². The molecule has 0 saturated carbocycles. The predicted molar refractivity (Wildman–Crippen MR) is 107 cm³/mol. The molecule has 6 heteroatoms. The van der Waals surface area contributed by atoms with Gasteiger partial charge in [-0.2, -0.15) is 0 Å². The van der Waals surface area contributed by atoms with Crippen LogP contribution in [0.1, 0.15) is 29.3 Å². The first kappa shape index (κ1) is 19.4. The average Bonchev–Trinajstić information content (AvgIpc) is 2.70. The van der Waals surface area contributed by atoms with Gasteiger partial charge in [0.15, 0.2) is 6.61 Å². The van der Waals surface area contributed by atoms with Crippen LogP contribution in [0.15, 0.2) is 65.5 Å². The van der Waals surface area contributed by atoms with Gasteiger partial charge in [-0.05, 0) is 31.4 Å². The molecule has 0 saturated heterocycles. The molecule has 0 aliphatic carbocycles. The summed E-state index contributed by atoms with van der Waals surface area (Å²) in [5.74, 6) is -1.07. The van der Waals surface area contributed by atoms with E-state index >= 15 is 0 Å². The maximum absolute atomic E-state index is 12.4. The number of fused-ring (bicyclic) bond motifs is 1. The van der Waals surface area contributed by atoms with Crippen molar-refractivity contribution in [2.75, 3.05) is 6.61 Å². The SMILES string of the molecule is C[C@H](CCc1ccccc1)NC(=O)COC(=O)c1cc(=O)[nH]c2ccccc12. The highest BCUT2D eigenvalue weighted by Gasteiger charge is 2.15. The smallest absolute Gasteiger partial charge is 0.339 e. The summed E-state index contributed by atoms with van der Waals surface area (Å²) < 4.78 is 5.11. The number of ether oxygens (including phenoxy) is 1. The summed E-state index contributed by atoms with van der Waals surface area (Å²) in [6.07, 6.45) is 1.63. The number of carbonyl (C=O) groups excluding carboxylic acids is 2. The number of aromatic amines is 1. The molecular formula is C22H22N2O4. The van der Waals surface area contributed by atoms with Crippen molar-refractivity contribution >= 4 is 22.8 Å². The molecule has 0 fully saturated rings. The largest absolute Gasteiger partial charge is 0.452 e. The Hall–Kier alpha value is -3.41. The third-order valence-corrected chi connectivity index (χ3v) is 4.42. The molecule has 1 atom stereocenters. The Bertz CT molecular complexity index is 1030. The molecule has 0 aliphatic rings. The van der Waals surface area contributed by atoms with E-state index in [-0.39, 0.29) is 17.5 Å². The monoisotopic (exact) mass is 378 g/mol. The average molecular weight is 378 g/mol. The number of nitrogens with one attached hydrogen (secondary N) is 2. The normalized spacial score (nSPS) is 11.8. The maximum Gasteiger partial charge on any atom is 0.339 e. The zero-order valence-electron chi connectivity index (χ0n) is 15.6. The fourth-order valence-corrected chi connectivity index (χ4v) is 3.00. The first-order valence-electron chi connectivity index (χ1n) is 9.15. The number of para-hydroxylation sites is 1. The number of benzene rings is 2. The van der Waals surface area contributed by atoms with Crippen molar-refractivity contribution < 1.29 is 14.3 Å². The van der Waals surface area contributed by atoms with E-state index in [1.807, 2.05) is 37.3 Å². The van der Waals surface area contributed by atoms with E-state index in [2.05, 4.69) is 10.3 Å². The molecule has 2 N–H and O–H groups in total. The summed E-state index contributed by atoms with van der Waals surface area (Å²) in [6, 6.07) is 18.1. The van der Waals surface area contributed by atoms with Crippen LogP contribution in [0.2, 0.25) is 0 Å². The van der Waals surface area contributed by atoms with Crippen LogP contribution >= 0.6 is 0 Å². The van der Waals surface area contributed by atoms with Gasteiger partial charge in [-0.3, -0.25) is 9.59 Å². The Kier molecular flexibility index (Phi) is 6.22. The Morgan fingerprint density at radius 3 is 2.57 bits per heavy atom. The van der Waals surface area contributed by atoms with Crippen molar-refractivity contribution in [3.05, 3.63) is 82.1 Å². The molecule has 3 aromatic rings. The highest BCUT2D eigenvalue weighted by Crippen LogP contribution is 2.15. The number of hydrogen-bond acceptors (Lipinski definition) is 4. The number of hydrogen-bond donors (Lipinski definition) is 2. The van der Waals surface area contributed by atoms with Crippen molar-refractivity contribution in [1.82, 2.24) is 10.3 Å². The van der Waals surface area contributed by atoms with Crippen LogP contribution in [0.25, 0.3) is 10.9 Å². The molecule has 1 aromatic heterocycles. The van der Waals surface area contributed by atoms with Crippen molar-refractivity contribution in [2.24, 2.45) is 0 Å². The lowest BCUT2D eigenvalue weighted by molar-refractivity contribution is -0.124. The van der Waals surface area contributed by atoms with Gasteiger partial charge in [-0.25, -0.2) is 4.79 Å². The van der Waals surface area contributed by atoms with Crippen molar-refractivity contribution in [3.8, 4) is 0 Å². The number of amides is 1. The zero-order chi connectivity index (χ0) is 19.9. The van der Waals surface area contributed by atoms with Gasteiger partial charge in [0.2, 0.25) is 5.56 Å². The van der Waals surface area contributed by atoms with Gasteiger partial charge in [0.05, 0.1) is 5.56 Å². The Balaban J connectivity index is 1.53. The Morgan fingerprint density at radius 1 is 1.07 bits per heavy atom. The van der Waals surface area contributed by atoms with Crippen LogP contribution in [0.5, 0.6) is 0 Å². The number of pyridine rings is 1. The lowest BCUT2D eigenvalue weighted by atomic mass is 10.1. The van der Waals surface area contributed by atoms with E-state index in [0.29, 0.717) is 10.9 Å². The first-order chi connectivity index (χ1) is 13.5. The molecule has 0 bridgehead atoms. The number of aryl methyl sites for hydroxylation is 1. The van der Waals surface area contributed by atoms with Crippen molar-refractivity contribution in [3.63, 3.8) is 0 Å². The third-order valence-electron chi connectivity index (χ3n) is 4.42. The van der Waals surface area contributed by atoms with Crippen LogP contribution in [-0.2, 0) is 16.0 Å². The van der Waals surface area contributed by atoms with Crippen molar-refractivity contribution in [1.29, 1.82) is 0 Å². The number of aromatic nitrogens is 1. The first-order valence-corrected chi connectivity index (χ1v) is 9.15. The van der Waals surface area contributed by atoms with Crippen LogP contribution in [0.3, 0.4) is 0 Å². The molecule has 1 amide bonds. The lowest BCUT2D eigenvalue weighted by Gasteiger charge is -2.14. The predicted octanol–water partition coefficient (Wildman–Crippen LogP) is 2.82. The third kappa shape index (κ3) is 5.07.